The van der Waals surface area contributed by atoms with Gasteiger partial charge in [0.2, 0.25) is 0 Å². The van der Waals surface area contributed by atoms with Crippen molar-refractivity contribution in [2.45, 2.75) is 34.6 Å². The Morgan fingerprint density at radius 1 is 0.917 bits per heavy atom. The third-order valence-corrected chi connectivity index (χ3v) is 1.92. The number of allylic oxidation sites excluding steroid dienone is 6. The molecule has 0 fully saturated rings. The van der Waals surface area contributed by atoms with Crippen molar-refractivity contribution in [2.75, 3.05) is 0 Å². The summed E-state index contributed by atoms with van der Waals surface area (Å²) in [7, 11) is 0. The van der Waals surface area contributed by atoms with E-state index in [9.17, 15) is 0 Å². The predicted molar refractivity (Wildman–Crippen MR) is 57.2 cm³/mol. The van der Waals surface area contributed by atoms with Gasteiger partial charge in [-0.15, -0.1) is 0 Å². The molecule has 1 aliphatic rings. The van der Waals surface area contributed by atoms with E-state index in [0.717, 1.165) is 0 Å². The molecule has 0 radical (unpaired) electrons. The molecule has 0 aromatic carbocycles. The van der Waals surface area contributed by atoms with E-state index < -0.39 is 0 Å². The Hall–Kier alpha value is -0.780. The highest BCUT2D eigenvalue weighted by Gasteiger charge is 1.96. The van der Waals surface area contributed by atoms with Crippen LogP contribution in [0.25, 0.3) is 0 Å². The lowest BCUT2D eigenvalue weighted by Gasteiger charge is -1.92. The van der Waals surface area contributed by atoms with Crippen molar-refractivity contribution in [1.29, 1.82) is 0 Å². The summed E-state index contributed by atoms with van der Waals surface area (Å²) >= 11 is 0. The standard InChI is InChI=1S/C10H14.C2H6/c1-8-4-6-9(2)10(3)7-5-8;1-2/h4-8H,1-3H3;1-2H3. The van der Waals surface area contributed by atoms with Gasteiger partial charge in [0.1, 0.15) is 0 Å². The van der Waals surface area contributed by atoms with E-state index in [0.29, 0.717) is 5.92 Å². The van der Waals surface area contributed by atoms with Gasteiger partial charge in [0.05, 0.1) is 0 Å². The molecule has 0 atom stereocenters. The van der Waals surface area contributed by atoms with Crippen LogP contribution in [0.1, 0.15) is 34.6 Å². The van der Waals surface area contributed by atoms with Crippen LogP contribution in [0.4, 0.5) is 0 Å². The van der Waals surface area contributed by atoms with E-state index >= 15 is 0 Å². The second-order valence-electron chi connectivity index (χ2n) is 2.94. The highest BCUT2D eigenvalue weighted by Crippen LogP contribution is 2.14. The minimum atomic E-state index is 0.590. The number of rotatable bonds is 0. The molecule has 12 heavy (non-hydrogen) atoms. The van der Waals surface area contributed by atoms with Crippen molar-refractivity contribution in [3.05, 3.63) is 35.5 Å². The Bertz CT molecular complexity index is 182. The van der Waals surface area contributed by atoms with Gasteiger partial charge in [-0.25, -0.2) is 0 Å². The molecule has 0 saturated carbocycles. The summed E-state index contributed by atoms with van der Waals surface area (Å²) in [6, 6.07) is 0. The zero-order valence-corrected chi connectivity index (χ0v) is 8.89. The maximum atomic E-state index is 2.22. The first-order valence-corrected chi connectivity index (χ1v) is 4.74. The van der Waals surface area contributed by atoms with Gasteiger partial charge in [-0.1, -0.05) is 45.1 Å². The molecule has 68 valence electrons. The molecule has 0 aromatic heterocycles. The van der Waals surface area contributed by atoms with Gasteiger partial charge in [-0.2, -0.15) is 0 Å². The van der Waals surface area contributed by atoms with Crippen molar-refractivity contribution in [1.82, 2.24) is 0 Å². The first kappa shape index (κ1) is 11.2. The summed E-state index contributed by atoms with van der Waals surface area (Å²) in [5.74, 6) is 0.590. The molecule has 0 saturated heterocycles. The SMILES string of the molecule is CC.CC1=C(C)C=CC(C)C=C1. The van der Waals surface area contributed by atoms with E-state index in [4.69, 9.17) is 0 Å². The van der Waals surface area contributed by atoms with Crippen LogP contribution in [-0.4, -0.2) is 0 Å². The molecule has 0 heterocycles. The van der Waals surface area contributed by atoms with Gasteiger partial charge < -0.3 is 0 Å². The summed E-state index contributed by atoms with van der Waals surface area (Å²) in [6.45, 7) is 10.5. The summed E-state index contributed by atoms with van der Waals surface area (Å²) in [5.41, 5.74) is 2.75. The summed E-state index contributed by atoms with van der Waals surface area (Å²) in [4.78, 5) is 0. The maximum absolute atomic E-state index is 2.22. The monoisotopic (exact) mass is 164 g/mol. The lowest BCUT2D eigenvalue weighted by molar-refractivity contribution is 0.941. The predicted octanol–water partition coefficient (Wildman–Crippen LogP) is 4.11. The average molecular weight is 164 g/mol. The van der Waals surface area contributed by atoms with Crippen LogP contribution in [0.5, 0.6) is 0 Å². The zero-order chi connectivity index (χ0) is 9.56. The molecule has 0 bridgehead atoms. The molecule has 1 rings (SSSR count). The Morgan fingerprint density at radius 3 is 1.58 bits per heavy atom. The molecule has 0 aliphatic heterocycles. The average Bonchev–Trinajstić information content (AvgIpc) is 2.24. The van der Waals surface area contributed by atoms with E-state index in [1.54, 1.807) is 0 Å². The van der Waals surface area contributed by atoms with Crippen LogP contribution in [0.3, 0.4) is 0 Å². The molecular weight excluding hydrogens is 144 g/mol. The molecule has 0 spiro atoms. The van der Waals surface area contributed by atoms with Crippen molar-refractivity contribution < 1.29 is 0 Å². The fourth-order valence-electron chi connectivity index (χ4n) is 0.919. The Labute approximate surface area is 76.7 Å². The van der Waals surface area contributed by atoms with Crippen LogP contribution in [0.2, 0.25) is 0 Å². The minimum absolute atomic E-state index is 0.590. The molecule has 0 heteroatoms. The van der Waals surface area contributed by atoms with Crippen LogP contribution in [-0.2, 0) is 0 Å². The van der Waals surface area contributed by atoms with Crippen LogP contribution in [0, 0.1) is 5.92 Å². The van der Waals surface area contributed by atoms with Crippen LogP contribution in [0.15, 0.2) is 35.5 Å². The molecule has 0 amide bonds. The van der Waals surface area contributed by atoms with Crippen molar-refractivity contribution in [3.8, 4) is 0 Å². The van der Waals surface area contributed by atoms with Gasteiger partial charge in [-0.05, 0) is 30.9 Å². The minimum Gasteiger partial charge on any atom is -0.0776 e. The fourth-order valence-corrected chi connectivity index (χ4v) is 0.919. The van der Waals surface area contributed by atoms with Crippen molar-refractivity contribution >= 4 is 0 Å². The Balaban J connectivity index is 0.000000561. The van der Waals surface area contributed by atoms with Crippen LogP contribution >= 0.6 is 0 Å². The second kappa shape index (κ2) is 5.82. The first-order chi connectivity index (χ1) is 5.70. The van der Waals surface area contributed by atoms with E-state index in [2.05, 4.69) is 45.1 Å². The third kappa shape index (κ3) is 3.56. The molecule has 0 unspecified atom stereocenters. The number of hydrogen-bond acceptors (Lipinski definition) is 0. The van der Waals surface area contributed by atoms with Gasteiger partial charge in [0, 0.05) is 0 Å². The quantitative estimate of drug-likeness (QED) is 0.505. The topological polar surface area (TPSA) is 0 Å². The molecule has 0 aromatic rings. The van der Waals surface area contributed by atoms with E-state index in [1.165, 1.54) is 11.1 Å². The fraction of sp³-hybridized carbons (Fsp3) is 0.500. The summed E-state index contributed by atoms with van der Waals surface area (Å²) < 4.78 is 0. The highest BCUT2D eigenvalue weighted by atomic mass is 14.0. The first-order valence-electron chi connectivity index (χ1n) is 4.74. The largest absolute Gasteiger partial charge is 0.0776 e. The van der Waals surface area contributed by atoms with E-state index in [-0.39, 0.29) is 0 Å². The van der Waals surface area contributed by atoms with Crippen molar-refractivity contribution in [2.24, 2.45) is 5.92 Å². The smallest absolute Gasteiger partial charge is 0.00754 e. The Kier molecular flexibility index (Phi) is 5.44. The maximum Gasteiger partial charge on any atom is -0.00754 e. The lowest BCUT2D eigenvalue weighted by Crippen LogP contribution is -1.78. The third-order valence-electron chi connectivity index (χ3n) is 1.92. The zero-order valence-electron chi connectivity index (χ0n) is 8.89. The highest BCUT2D eigenvalue weighted by molar-refractivity contribution is 5.33. The number of hydrogen-bond donors (Lipinski definition) is 0. The van der Waals surface area contributed by atoms with Crippen LogP contribution < -0.4 is 0 Å². The summed E-state index contributed by atoms with van der Waals surface area (Å²) in [5, 5.41) is 0. The van der Waals surface area contributed by atoms with E-state index in [1.807, 2.05) is 13.8 Å². The van der Waals surface area contributed by atoms with Gasteiger partial charge in [0.15, 0.2) is 0 Å². The van der Waals surface area contributed by atoms with Gasteiger partial charge in [0.25, 0.3) is 0 Å². The van der Waals surface area contributed by atoms with Crippen molar-refractivity contribution in [3.63, 3.8) is 0 Å². The van der Waals surface area contributed by atoms with Gasteiger partial charge in [-0.3, -0.25) is 0 Å². The lowest BCUT2D eigenvalue weighted by atomic mass is 10.1. The Morgan fingerprint density at radius 2 is 1.25 bits per heavy atom. The molecule has 0 N–H and O–H groups in total. The second-order valence-corrected chi connectivity index (χ2v) is 2.94. The normalized spacial score (nSPS) is 17.1. The summed E-state index contributed by atoms with van der Waals surface area (Å²) in [6.07, 6.45) is 8.84. The van der Waals surface area contributed by atoms with Gasteiger partial charge >= 0.3 is 0 Å². The molecular formula is C12H20. The molecule has 1 aliphatic carbocycles. The molecule has 0 nitrogen and oxygen atoms in total.